The van der Waals surface area contributed by atoms with Gasteiger partial charge in [-0.05, 0) is 48.9 Å². The van der Waals surface area contributed by atoms with Crippen LogP contribution in [-0.4, -0.2) is 63.7 Å². The Labute approximate surface area is 244 Å². The molecule has 44 heavy (non-hydrogen) atoms. The van der Waals surface area contributed by atoms with E-state index in [1.54, 1.807) is 0 Å². The summed E-state index contributed by atoms with van der Waals surface area (Å²) < 4.78 is 111. The highest BCUT2D eigenvalue weighted by atomic mass is 19.4. The maximum absolute atomic E-state index is 13.7. The first kappa shape index (κ1) is 32.9. The van der Waals surface area contributed by atoms with Gasteiger partial charge in [-0.25, -0.2) is 13.8 Å². The highest BCUT2D eigenvalue weighted by Gasteiger charge is 2.41. The number of H-pyrrole nitrogens is 1. The van der Waals surface area contributed by atoms with Gasteiger partial charge in [0.05, 0.1) is 17.0 Å². The van der Waals surface area contributed by atoms with E-state index in [4.69, 9.17) is 9.84 Å². The molecule has 17 heteroatoms. The summed E-state index contributed by atoms with van der Waals surface area (Å²) >= 11 is 0. The number of fused-ring (bicyclic) bond motifs is 1. The number of carbonyl (C=O) groups is 2. The number of ether oxygens (including phenoxy) is 1. The van der Waals surface area contributed by atoms with Crippen molar-refractivity contribution in [3.63, 3.8) is 0 Å². The monoisotopic (exact) mass is 637 g/mol. The Morgan fingerprint density at radius 3 is 2.36 bits per heavy atom. The zero-order valence-electron chi connectivity index (χ0n) is 22.8. The number of rotatable bonds is 10. The third-order valence-corrected chi connectivity index (χ3v) is 7.07. The Bertz CT molecular complexity index is 1480. The number of benzene rings is 1. The van der Waals surface area contributed by atoms with Crippen LogP contribution < -0.4 is 15.4 Å². The number of hydrogen-bond donors (Lipinski definition) is 4. The van der Waals surface area contributed by atoms with Gasteiger partial charge in [-0.15, -0.1) is 0 Å². The molecule has 0 aliphatic heterocycles. The highest BCUT2D eigenvalue weighted by molar-refractivity contribution is 5.99. The van der Waals surface area contributed by atoms with E-state index in [0.717, 1.165) is 12.1 Å². The predicted octanol–water partition coefficient (Wildman–Crippen LogP) is 4.67. The summed E-state index contributed by atoms with van der Waals surface area (Å²) in [5.41, 5.74) is -1.31. The fourth-order valence-electron chi connectivity index (χ4n) is 4.92. The lowest BCUT2D eigenvalue weighted by Gasteiger charge is -2.30. The van der Waals surface area contributed by atoms with Gasteiger partial charge in [0.25, 0.3) is 12.3 Å². The minimum Gasteiger partial charge on any atom is -0.471 e. The maximum Gasteiger partial charge on any atom is 0.416 e. The van der Waals surface area contributed by atoms with Crippen LogP contribution in [0.4, 0.5) is 35.1 Å². The number of pyridine rings is 1. The predicted molar refractivity (Wildman–Crippen MR) is 138 cm³/mol. The van der Waals surface area contributed by atoms with Gasteiger partial charge in [0.1, 0.15) is 18.0 Å². The molecule has 1 aromatic carbocycles. The minimum absolute atomic E-state index is 0.0302. The molecule has 1 saturated carbocycles. The molecular weight excluding hydrogens is 610 g/mol. The normalized spacial score (nSPS) is 17.6. The summed E-state index contributed by atoms with van der Waals surface area (Å²) in [5.74, 6) is -3.62. The first-order chi connectivity index (χ1) is 20.6. The number of nitrogens with one attached hydrogen (secondary N) is 3. The average molecular weight is 638 g/mol. The van der Waals surface area contributed by atoms with E-state index < -0.39 is 73.6 Å². The van der Waals surface area contributed by atoms with Gasteiger partial charge >= 0.3 is 12.4 Å². The van der Waals surface area contributed by atoms with Crippen molar-refractivity contribution in [3.8, 4) is 5.88 Å². The lowest BCUT2D eigenvalue weighted by molar-refractivity contribution is -0.182. The van der Waals surface area contributed by atoms with Gasteiger partial charge in [0.2, 0.25) is 11.8 Å². The highest BCUT2D eigenvalue weighted by Crippen LogP contribution is 2.38. The van der Waals surface area contributed by atoms with E-state index in [9.17, 15) is 44.7 Å². The second kappa shape index (κ2) is 13.3. The van der Waals surface area contributed by atoms with Crippen molar-refractivity contribution >= 4 is 23.0 Å². The van der Waals surface area contributed by atoms with Crippen LogP contribution >= 0.6 is 0 Å². The molecule has 2 aromatic heterocycles. The molecule has 0 atom stereocenters. The number of aliphatic hydroxyl groups is 1. The summed E-state index contributed by atoms with van der Waals surface area (Å²) in [4.78, 5) is 35.3. The molecule has 240 valence electrons. The Kier molecular flexibility index (Phi) is 9.95. The molecule has 0 radical (unpaired) electrons. The van der Waals surface area contributed by atoms with Crippen LogP contribution in [0.3, 0.4) is 0 Å². The zero-order chi connectivity index (χ0) is 32.2. The second-order valence-electron chi connectivity index (χ2n) is 10.3. The number of nitrogens with zero attached hydrogens (tertiary/aromatic N) is 2. The van der Waals surface area contributed by atoms with Crippen molar-refractivity contribution in [2.75, 3.05) is 13.2 Å². The van der Waals surface area contributed by atoms with Gasteiger partial charge in [0, 0.05) is 19.0 Å². The van der Waals surface area contributed by atoms with Crippen molar-refractivity contribution in [1.82, 2.24) is 25.6 Å². The summed E-state index contributed by atoms with van der Waals surface area (Å²) in [5, 5.41) is 13.8. The molecule has 4 rings (SSSR count). The molecule has 2 amide bonds. The van der Waals surface area contributed by atoms with Crippen LogP contribution in [0.1, 0.15) is 58.6 Å². The van der Waals surface area contributed by atoms with Gasteiger partial charge in [0.15, 0.2) is 12.3 Å². The molecule has 0 bridgehead atoms. The van der Waals surface area contributed by atoms with Crippen LogP contribution in [0.2, 0.25) is 0 Å². The molecule has 9 nitrogen and oxygen atoms in total. The SMILES string of the molecule is O=C(CO)NCc1ccc(C(F)(F)F)c(Cc2nc3nc(OCC(F)F)c(C(=O)NC4CCC(C(F)(F)F)CC4)cc3[nH]2)c1. The van der Waals surface area contributed by atoms with Gasteiger partial charge in [-0.3, -0.25) is 9.59 Å². The number of halogens is 8. The quantitative estimate of drug-likeness (QED) is 0.239. The number of carbonyl (C=O) groups excluding carboxylic acids is 2. The van der Waals surface area contributed by atoms with Crippen molar-refractivity contribution in [2.45, 2.75) is 63.5 Å². The molecule has 3 aromatic rings. The van der Waals surface area contributed by atoms with Crippen LogP contribution in [0, 0.1) is 5.92 Å². The molecule has 0 saturated heterocycles. The number of amides is 2. The van der Waals surface area contributed by atoms with Crippen LogP contribution in [0.5, 0.6) is 5.88 Å². The molecule has 1 aliphatic carbocycles. The second-order valence-corrected chi connectivity index (χ2v) is 10.3. The van der Waals surface area contributed by atoms with Crippen molar-refractivity contribution in [3.05, 3.63) is 52.3 Å². The molecule has 0 spiro atoms. The van der Waals surface area contributed by atoms with Crippen molar-refractivity contribution in [2.24, 2.45) is 5.92 Å². The van der Waals surface area contributed by atoms with Crippen LogP contribution in [0.25, 0.3) is 11.2 Å². The first-order valence-electron chi connectivity index (χ1n) is 13.4. The van der Waals surface area contributed by atoms with Crippen LogP contribution in [0.15, 0.2) is 24.3 Å². The Morgan fingerprint density at radius 1 is 1.05 bits per heavy atom. The maximum atomic E-state index is 13.7. The fraction of sp³-hybridized carbons (Fsp3) is 0.481. The number of hydrogen-bond acceptors (Lipinski definition) is 6. The van der Waals surface area contributed by atoms with Crippen LogP contribution in [-0.2, 0) is 23.9 Å². The van der Waals surface area contributed by atoms with E-state index in [0.29, 0.717) is 5.56 Å². The molecule has 1 fully saturated rings. The summed E-state index contributed by atoms with van der Waals surface area (Å²) in [6.07, 6.45) is -12.8. The Balaban J connectivity index is 1.60. The summed E-state index contributed by atoms with van der Waals surface area (Å²) in [6, 6.07) is 3.74. The van der Waals surface area contributed by atoms with Gasteiger partial charge < -0.3 is 25.5 Å². The van der Waals surface area contributed by atoms with Gasteiger partial charge in [-0.2, -0.15) is 31.3 Å². The molecular formula is C27H27F8N5O4. The van der Waals surface area contributed by atoms with Crippen molar-refractivity contribution < 1.29 is 54.6 Å². The number of imidazole rings is 1. The Morgan fingerprint density at radius 2 is 1.75 bits per heavy atom. The molecule has 2 heterocycles. The minimum atomic E-state index is -4.74. The van der Waals surface area contributed by atoms with Gasteiger partial charge in [-0.1, -0.05) is 12.1 Å². The van der Waals surface area contributed by atoms with Crippen molar-refractivity contribution in [1.29, 1.82) is 0 Å². The van der Waals surface area contributed by atoms with E-state index in [1.807, 2.05) is 0 Å². The molecule has 1 aliphatic rings. The summed E-state index contributed by atoms with van der Waals surface area (Å²) in [6.45, 7) is -2.10. The molecule has 4 N–H and O–H groups in total. The third kappa shape index (κ3) is 8.33. The zero-order valence-corrected chi connectivity index (χ0v) is 22.8. The first-order valence-corrected chi connectivity index (χ1v) is 13.4. The van der Waals surface area contributed by atoms with E-state index in [-0.39, 0.29) is 60.3 Å². The standard InChI is InChI=1S/C27H27F8N5O4/c28-20(29)12-44-25-17(24(43)37-16-4-2-15(3-5-16)26(30,31)32)9-19-23(40-25)39-21(38-19)8-14-7-13(10-36-22(42)11-41)1-6-18(14)27(33,34)35/h1,6-7,9,15-16,20,41H,2-5,8,10-12H2,(H,36,42)(H,37,43)(H,38,39,40). The average Bonchev–Trinajstić information content (AvgIpc) is 3.34. The number of aliphatic hydroxyl groups excluding tert-OH is 1. The number of alkyl halides is 8. The van der Waals surface area contributed by atoms with E-state index in [1.165, 1.54) is 12.1 Å². The number of aromatic amines is 1. The lowest BCUT2D eigenvalue weighted by Crippen LogP contribution is -2.40. The topological polar surface area (TPSA) is 129 Å². The van der Waals surface area contributed by atoms with E-state index in [2.05, 4.69) is 25.6 Å². The third-order valence-electron chi connectivity index (χ3n) is 7.07. The molecule has 0 unspecified atom stereocenters. The lowest BCUT2D eigenvalue weighted by atomic mass is 9.85. The number of aromatic nitrogens is 3. The largest absolute Gasteiger partial charge is 0.471 e. The smallest absolute Gasteiger partial charge is 0.416 e. The van der Waals surface area contributed by atoms with E-state index >= 15 is 0 Å². The fourth-order valence-corrected chi connectivity index (χ4v) is 4.92. The Hall–Kier alpha value is -4.02. The summed E-state index contributed by atoms with van der Waals surface area (Å²) in [7, 11) is 0.